The highest BCUT2D eigenvalue weighted by atomic mass is 32.2. The third kappa shape index (κ3) is 10.7. The van der Waals surface area contributed by atoms with Crippen molar-refractivity contribution in [2.75, 3.05) is 13.1 Å². The first-order valence-electron chi connectivity index (χ1n) is 19.8. The van der Waals surface area contributed by atoms with Crippen LogP contribution in [0.2, 0.25) is 0 Å². The molecule has 21 nitrogen and oxygen atoms in total. The van der Waals surface area contributed by atoms with Gasteiger partial charge >= 0.3 is 18.2 Å². The SMILES string of the molecule is C[C@@H](O)[C@H]1C(=O)N2C(C(=O)OCc3ccc([N+](=O)[O-])cc3)=C(S[C@H]3C[C@@H]([C@H](O)CCCNC(=O)OCc4ccc([N+](=O)[O-])cc4)N(C(=O)OCc4ccc([N+](=O)[O-])cc4)C3)[C@H](C)[C@H]12. The van der Waals surface area contributed by atoms with Crippen molar-refractivity contribution in [2.45, 2.75) is 82.5 Å². The number of nitro groups is 3. The van der Waals surface area contributed by atoms with Crippen LogP contribution < -0.4 is 5.32 Å². The standard InChI is InChI=1S/C41H44N6O15S/c1-23-35-34(24(2)48)38(50)44(35)36(39(51)60-20-25-5-11-28(12-6-25)45(54)55)37(23)63-31-18-32(43(19-31)41(53)62-22-27-9-15-30(16-10-27)47(58)59)33(49)4-3-17-42-40(52)61-21-26-7-13-29(14-8-26)46(56)57/h5-16,23-24,31-35,48-49H,3-4,17-22H2,1-2H3,(H,42,52)/t23-,24-,31+,32+,33-,34-,35-/m1/s1. The lowest BCUT2D eigenvalue weighted by Crippen LogP contribution is -2.63. The number of nitro benzene ring substituents is 3. The summed E-state index contributed by atoms with van der Waals surface area (Å²) in [5, 5.41) is 57.2. The topological polar surface area (TPSA) is 284 Å². The van der Waals surface area contributed by atoms with Crippen LogP contribution in [0.5, 0.6) is 0 Å². The van der Waals surface area contributed by atoms with Gasteiger partial charge in [0.05, 0.1) is 45.0 Å². The van der Waals surface area contributed by atoms with Gasteiger partial charge < -0.3 is 39.5 Å². The number of esters is 1. The normalized spacial score (nSPS) is 21.2. The molecule has 0 aliphatic carbocycles. The fourth-order valence-electron chi connectivity index (χ4n) is 7.82. The zero-order valence-electron chi connectivity index (χ0n) is 34.0. The summed E-state index contributed by atoms with van der Waals surface area (Å²) in [7, 11) is 0. The number of nitrogens with one attached hydrogen (secondary N) is 1. The molecule has 0 bridgehead atoms. The minimum atomic E-state index is -1.12. The second kappa shape index (κ2) is 20.0. The largest absolute Gasteiger partial charge is 0.456 e. The van der Waals surface area contributed by atoms with Crippen LogP contribution in [0.3, 0.4) is 0 Å². The molecule has 3 aromatic rings. The molecule has 3 aliphatic rings. The minimum Gasteiger partial charge on any atom is -0.456 e. The molecular weight excluding hydrogens is 849 g/mol. The summed E-state index contributed by atoms with van der Waals surface area (Å²) in [6, 6.07) is 15.0. The molecule has 0 saturated carbocycles. The Morgan fingerprint density at radius 2 is 1.30 bits per heavy atom. The lowest BCUT2D eigenvalue weighted by Gasteiger charge is -2.46. The number of hydrogen-bond donors (Lipinski definition) is 3. The highest BCUT2D eigenvalue weighted by Gasteiger charge is 2.60. The van der Waals surface area contributed by atoms with Gasteiger partial charge in [0.15, 0.2) is 0 Å². The molecule has 0 spiro atoms. The monoisotopic (exact) mass is 892 g/mol. The summed E-state index contributed by atoms with van der Waals surface area (Å²) in [5.74, 6) is -2.50. The molecule has 2 saturated heterocycles. The quantitative estimate of drug-likeness (QED) is 0.0374. The van der Waals surface area contributed by atoms with Gasteiger partial charge in [-0.3, -0.25) is 35.1 Å². The van der Waals surface area contributed by atoms with Gasteiger partial charge in [0.2, 0.25) is 5.91 Å². The van der Waals surface area contributed by atoms with Crippen LogP contribution in [0, 0.1) is 42.2 Å². The number of hydrogen-bond acceptors (Lipinski definition) is 16. The summed E-state index contributed by atoms with van der Waals surface area (Å²) in [6.07, 6.45) is -3.07. The van der Waals surface area contributed by atoms with Crippen LogP contribution in [0.1, 0.15) is 49.8 Å². The van der Waals surface area contributed by atoms with Gasteiger partial charge in [-0.15, -0.1) is 11.8 Å². The maximum Gasteiger partial charge on any atom is 0.410 e. The number of benzene rings is 3. The fourth-order valence-corrected chi connectivity index (χ4v) is 9.35. The summed E-state index contributed by atoms with van der Waals surface area (Å²) in [4.78, 5) is 87.9. The molecule has 0 radical (unpaired) electrons. The molecule has 0 unspecified atom stereocenters. The van der Waals surface area contributed by atoms with Gasteiger partial charge in [0.1, 0.15) is 25.5 Å². The van der Waals surface area contributed by atoms with Gasteiger partial charge in [-0.25, -0.2) is 14.4 Å². The maximum atomic E-state index is 13.8. The number of fused-ring (bicyclic) bond motifs is 1. The van der Waals surface area contributed by atoms with Gasteiger partial charge in [0, 0.05) is 65.6 Å². The summed E-state index contributed by atoms with van der Waals surface area (Å²) >= 11 is 1.25. The van der Waals surface area contributed by atoms with Gasteiger partial charge in [0.25, 0.3) is 17.1 Å². The number of carbonyl (C=O) groups excluding carboxylic acids is 4. The van der Waals surface area contributed by atoms with Crippen molar-refractivity contribution >= 4 is 52.9 Å². The third-order valence-corrected chi connectivity index (χ3v) is 12.6. The molecule has 3 amide bonds. The number of nitrogens with zero attached hydrogens (tertiary/aromatic N) is 5. The molecule has 22 heteroatoms. The van der Waals surface area contributed by atoms with Crippen molar-refractivity contribution in [1.29, 1.82) is 0 Å². The molecule has 3 aliphatic heterocycles. The number of likely N-dealkylation sites (tertiary alicyclic amines) is 1. The van der Waals surface area contributed by atoms with Gasteiger partial charge in [-0.1, -0.05) is 6.92 Å². The van der Waals surface area contributed by atoms with E-state index in [1.54, 1.807) is 0 Å². The van der Waals surface area contributed by atoms with Crippen LogP contribution in [0.15, 0.2) is 83.4 Å². The number of rotatable bonds is 18. The van der Waals surface area contributed by atoms with Crippen LogP contribution in [0.4, 0.5) is 26.7 Å². The number of thioether (sulfide) groups is 1. The number of carbonyl (C=O) groups is 4. The van der Waals surface area contributed by atoms with E-state index >= 15 is 0 Å². The van der Waals surface area contributed by atoms with E-state index in [-0.39, 0.29) is 74.9 Å². The van der Waals surface area contributed by atoms with Crippen LogP contribution in [0.25, 0.3) is 0 Å². The van der Waals surface area contributed by atoms with Crippen LogP contribution >= 0.6 is 11.8 Å². The second-order valence-corrected chi connectivity index (χ2v) is 16.6. The molecule has 3 aromatic carbocycles. The fraction of sp³-hybridized carbons (Fsp3) is 0.415. The number of aliphatic hydroxyl groups excluding tert-OH is 2. The average molecular weight is 893 g/mol. The molecule has 63 heavy (non-hydrogen) atoms. The molecule has 334 valence electrons. The Hall–Kier alpha value is -6.65. The highest BCUT2D eigenvalue weighted by Crippen LogP contribution is 2.52. The van der Waals surface area contributed by atoms with E-state index in [2.05, 4.69) is 5.32 Å². The van der Waals surface area contributed by atoms with Crippen molar-refractivity contribution in [1.82, 2.24) is 15.1 Å². The first kappa shape index (κ1) is 45.9. The number of amides is 3. The van der Waals surface area contributed by atoms with Gasteiger partial charge in [-0.2, -0.15) is 0 Å². The van der Waals surface area contributed by atoms with Crippen molar-refractivity contribution in [3.63, 3.8) is 0 Å². The predicted molar refractivity (Wildman–Crippen MR) is 221 cm³/mol. The molecule has 3 N–H and O–H groups in total. The number of aliphatic hydroxyl groups is 2. The minimum absolute atomic E-state index is 0.0100. The Bertz CT molecular complexity index is 2260. The highest BCUT2D eigenvalue weighted by molar-refractivity contribution is 8.03. The van der Waals surface area contributed by atoms with Crippen molar-refractivity contribution < 1.29 is 58.4 Å². The van der Waals surface area contributed by atoms with E-state index < -0.39 is 80.2 Å². The molecule has 0 aromatic heterocycles. The van der Waals surface area contributed by atoms with E-state index in [9.17, 15) is 59.7 Å². The molecule has 7 atom stereocenters. The van der Waals surface area contributed by atoms with Crippen molar-refractivity contribution in [2.24, 2.45) is 11.8 Å². The van der Waals surface area contributed by atoms with Gasteiger partial charge in [-0.05, 0) is 79.3 Å². The Balaban J connectivity index is 1.14. The number of ether oxygens (including phenoxy) is 3. The van der Waals surface area contributed by atoms with Crippen molar-refractivity contribution in [3.8, 4) is 0 Å². The Morgan fingerprint density at radius 3 is 1.79 bits per heavy atom. The van der Waals surface area contributed by atoms with Crippen LogP contribution in [-0.2, 0) is 43.6 Å². The van der Waals surface area contributed by atoms with E-state index in [0.29, 0.717) is 21.6 Å². The Morgan fingerprint density at radius 1 is 0.810 bits per heavy atom. The molecule has 6 rings (SSSR count). The summed E-state index contributed by atoms with van der Waals surface area (Å²) < 4.78 is 16.4. The zero-order valence-corrected chi connectivity index (χ0v) is 34.8. The molecule has 2 fully saturated rings. The maximum absolute atomic E-state index is 13.8. The lowest BCUT2D eigenvalue weighted by molar-refractivity contribution is -0.385. The average Bonchev–Trinajstić information content (AvgIpc) is 3.79. The zero-order chi connectivity index (χ0) is 45.5. The number of alkyl carbamates (subject to hydrolysis) is 1. The smallest absolute Gasteiger partial charge is 0.410 e. The van der Waals surface area contributed by atoms with E-state index in [0.717, 1.165) is 0 Å². The first-order chi connectivity index (χ1) is 30.0. The lowest BCUT2D eigenvalue weighted by atomic mass is 9.79. The summed E-state index contributed by atoms with van der Waals surface area (Å²) in [5.41, 5.74) is 1.08. The molecule has 3 heterocycles. The Kier molecular flexibility index (Phi) is 14.6. The number of non-ortho nitro benzene ring substituents is 3. The van der Waals surface area contributed by atoms with E-state index in [1.165, 1.54) is 101 Å². The summed E-state index contributed by atoms with van der Waals surface area (Å²) in [6.45, 7) is 2.83. The van der Waals surface area contributed by atoms with Crippen molar-refractivity contribution in [3.05, 3.63) is 130 Å². The Labute approximate surface area is 363 Å². The van der Waals surface area contributed by atoms with Crippen LogP contribution in [-0.4, -0.2) is 101 Å². The van der Waals surface area contributed by atoms with E-state index in [4.69, 9.17) is 14.2 Å². The molecular formula is C41H44N6O15S. The number of β-lactam (4-membered cyclic amide) rings is 1. The predicted octanol–water partition coefficient (Wildman–Crippen LogP) is 5.10. The van der Waals surface area contributed by atoms with E-state index in [1.807, 2.05) is 6.92 Å². The third-order valence-electron chi connectivity index (χ3n) is 11.1. The second-order valence-electron chi connectivity index (χ2n) is 15.3. The first-order valence-corrected chi connectivity index (χ1v) is 20.7.